The quantitative estimate of drug-likeness (QED) is 0.421. The van der Waals surface area contributed by atoms with Crippen LogP contribution in [-0.2, 0) is 6.42 Å². The molecule has 1 atom stereocenters. The summed E-state index contributed by atoms with van der Waals surface area (Å²) in [6, 6.07) is 21.7. The molecule has 0 fully saturated rings. The Morgan fingerprint density at radius 3 is 2.47 bits per heavy atom. The maximum atomic E-state index is 13.5. The van der Waals surface area contributed by atoms with Crippen LogP contribution in [0.15, 0.2) is 82.0 Å². The summed E-state index contributed by atoms with van der Waals surface area (Å²) in [5, 5.41) is 0.809. The summed E-state index contributed by atoms with van der Waals surface area (Å²) in [5.41, 5.74) is 2.40. The molecule has 32 heavy (non-hydrogen) atoms. The number of hydrogen-bond donors (Lipinski definition) is 0. The third kappa shape index (κ3) is 3.45. The molecule has 160 valence electrons. The van der Waals surface area contributed by atoms with Gasteiger partial charge in [0.15, 0.2) is 5.43 Å². The number of benzene rings is 3. The molecule has 0 N–H and O–H groups in total. The zero-order valence-electron chi connectivity index (χ0n) is 17.4. The number of hydrogen-bond acceptors (Lipinski definition) is 4. The predicted molar refractivity (Wildman–Crippen MR) is 124 cm³/mol. The fraction of sp³-hybridized carbons (Fsp3) is 0.154. The van der Waals surface area contributed by atoms with E-state index in [1.165, 1.54) is 0 Å². The lowest BCUT2D eigenvalue weighted by Gasteiger charge is -2.25. The highest BCUT2D eigenvalue weighted by Crippen LogP contribution is 2.38. The van der Waals surface area contributed by atoms with E-state index in [9.17, 15) is 9.59 Å². The highest BCUT2D eigenvalue weighted by molar-refractivity contribution is 6.31. The molecule has 5 nitrogen and oxygen atoms in total. The minimum absolute atomic E-state index is 0.0960. The number of methoxy groups -OCH3 is 1. The van der Waals surface area contributed by atoms with E-state index in [0.29, 0.717) is 40.3 Å². The molecule has 2 heterocycles. The minimum Gasteiger partial charge on any atom is -0.497 e. The molecule has 0 aliphatic carbocycles. The van der Waals surface area contributed by atoms with Gasteiger partial charge in [-0.3, -0.25) is 9.59 Å². The van der Waals surface area contributed by atoms with Gasteiger partial charge in [-0.1, -0.05) is 54.1 Å². The summed E-state index contributed by atoms with van der Waals surface area (Å²) in [4.78, 5) is 28.7. The van der Waals surface area contributed by atoms with Crippen molar-refractivity contribution in [1.82, 2.24) is 4.90 Å². The van der Waals surface area contributed by atoms with Gasteiger partial charge in [-0.25, -0.2) is 0 Å². The van der Waals surface area contributed by atoms with Crippen molar-refractivity contribution in [3.05, 3.63) is 110 Å². The van der Waals surface area contributed by atoms with Crippen molar-refractivity contribution in [2.24, 2.45) is 0 Å². The number of fused-ring (bicyclic) bond motifs is 2. The molecule has 4 aromatic rings. The van der Waals surface area contributed by atoms with Crippen molar-refractivity contribution in [2.45, 2.75) is 12.5 Å². The lowest BCUT2D eigenvalue weighted by molar-refractivity contribution is 0.0730. The summed E-state index contributed by atoms with van der Waals surface area (Å²) < 4.78 is 11.2. The summed E-state index contributed by atoms with van der Waals surface area (Å²) >= 11 is 6.13. The van der Waals surface area contributed by atoms with Gasteiger partial charge >= 0.3 is 0 Å². The van der Waals surface area contributed by atoms with Crippen molar-refractivity contribution in [3.8, 4) is 5.75 Å². The second-order valence-electron chi connectivity index (χ2n) is 7.72. The average Bonchev–Trinajstić information content (AvgIpc) is 3.10. The van der Waals surface area contributed by atoms with E-state index in [4.69, 9.17) is 20.8 Å². The lowest BCUT2D eigenvalue weighted by atomic mass is 9.98. The van der Waals surface area contributed by atoms with E-state index in [-0.39, 0.29) is 17.1 Å². The third-order valence-corrected chi connectivity index (χ3v) is 6.08. The Labute approximate surface area is 189 Å². The smallest absolute Gasteiger partial charge is 0.290 e. The van der Waals surface area contributed by atoms with Crippen LogP contribution in [0.2, 0.25) is 5.02 Å². The number of carbonyl (C=O) groups is 1. The van der Waals surface area contributed by atoms with Crippen LogP contribution in [0.3, 0.4) is 0 Å². The van der Waals surface area contributed by atoms with Gasteiger partial charge in [0.25, 0.3) is 5.91 Å². The molecule has 0 saturated carbocycles. The van der Waals surface area contributed by atoms with Gasteiger partial charge in [0.2, 0.25) is 5.76 Å². The van der Waals surface area contributed by atoms with Crippen LogP contribution in [0.25, 0.3) is 11.0 Å². The van der Waals surface area contributed by atoms with Gasteiger partial charge in [-0.05, 0) is 47.9 Å². The molecule has 0 saturated heterocycles. The third-order valence-electron chi connectivity index (χ3n) is 5.84. The maximum Gasteiger partial charge on any atom is 0.290 e. The van der Waals surface area contributed by atoms with Crippen molar-refractivity contribution >= 4 is 28.5 Å². The number of carbonyl (C=O) groups excluding carboxylic acids is 1. The SMILES string of the molecule is COc1ccc(C2c3c(oc4ccc(Cl)cc4c3=O)C(=O)N2CCc2ccccc2)cc1. The molecule has 0 bridgehead atoms. The fourth-order valence-electron chi connectivity index (χ4n) is 4.25. The average molecular weight is 446 g/mol. The van der Waals surface area contributed by atoms with E-state index >= 15 is 0 Å². The Kier molecular flexibility index (Phi) is 5.19. The molecule has 0 spiro atoms. The van der Waals surface area contributed by atoms with Gasteiger partial charge in [0.05, 0.1) is 24.1 Å². The molecule has 1 aliphatic rings. The van der Waals surface area contributed by atoms with Gasteiger partial charge in [-0.15, -0.1) is 0 Å². The normalized spacial score (nSPS) is 15.2. The Hall–Kier alpha value is -3.57. The molecule has 1 unspecified atom stereocenters. The van der Waals surface area contributed by atoms with Crippen LogP contribution in [0.4, 0.5) is 0 Å². The molecule has 1 aliphatic heterocycles. The highest BCUT2D eigenvalue weighted by Gasteiger charge is 2.42. The van der Waals surface area contributed by atoms with Crippen LogP contribution in [0, 0.1) is 0 Å². The van der Waals surface area contributed by atoms with Crippen LogP contribution < -0.4 is 10.2 Å². The maximum absolute atomic E-state index is 13.5. The molecule has 1 amide bonds. The number of ether oxygens (including phenoxy) is 1. The van der Waals surface area contributed by atoms with Gasteiger partial charge < -0.3 is 14.1 Å². The first-order valence-electron chi connectivity index (χ1n) is 10.3. The molecule has 1 aromatic heterocycles. The van der Waals surface area contributed by atoms with E-state index in [1.807, 2.05) is 54.6 Å². The topological polar surface area (TPSA) is 59.8 Å². The Balaban J connectivity index is 1.65. The molecular weight excluding hydrogens is 426 g/mol. The summed E-state index contributed by atoms with van der Waals surface area (Å²) in [5.74, 6) is 0.510. The molecular formula is C26H20ClNO4. The highest BCUT2D eigenvalue weighted by atomic mass is 35.5. The molecule has 6 heteroatoms. The van der Waals surface area contributed by atoms with Gasteiger partial charge in [-0.2, -0.15) is 0 Å². The monoisotopic (exact) mass is 445 g/mol. The van der Waals surface area contributed by atoms with E-state index in [0.717, 1.165) is 11.1 Å². The summed E-state index contributed by atoms with van der Waals surface area (Å²) in [7, 11) is 1.60. The number of amides is 1. The fourth-order valence-corrected chi connectivity index (χ4v) is 4.42. The predicted octanol–water partition coefficient (Wildman–Crippen LogP) is 5.24. The van der Waals surface area contributed by atoms with E-state index in [1.54, 1.807) is 30.2 Å². The molecule has 3 aromatic carbocycles. The Bertz CT molecular complexity index is 1360. The van der Waals surface area contributed by atoms with Gasteiger partial charge in [0, 0.05) is 11.6 Å². The Morgan fingerprint density at radius 1 is 1.00 bits per heavy atom. The zero-order chi connectivity index (χ0) is 22.2. The first-order valence-corrected chi connectivity index (χ1v) is 10.7. The number of halogens is 1. The van der Waals surface area contributed by atoms with Crippen molar-refractivity contribution in [3.63, 3.8) is 0 Å². The first-order chi connectivity index (χ1) is 15.6. The van der Waals surface area contributed by atoms with Gasteiger partial charge in [0.1, 0.15) is 11.3 Å². The van der Waals surface area contributed by atoms with Crippen LogP contribution in [-0.4, -0.2) is 24.5 Å². The Morgan fingerprint density at radius 2 is 1.75 bits per heavy atom. The second kappa shape index (κ2) is 8.17. The second-order valence-corrected chi connectivity index (χ2v) is 8.16. The largest absolute Gasteiger partial charge is 0.497 e. The number of rotatable bonds is 5. The zero-order valence-corrected chi connectivity index (χ0v) is 18.1. The molecule has 5 rings (SSSR count). The first kappa shape index (κ1) is 20.3. The van der Waals surface area contributed by atoms with E-state index < -0.39 is 6.04 Å². The van der Waals surface area contributed by atoms with Crippen molar-refractivity contribution in [2.75, 3.05) is 13.7 Å². The summed E-state index contributed by atoms with van der Waals surface area (Å²) in [6.45, 7) is 0.445. The van der Waals surface area contributed by atoms with Crippen LogP contribution in [0.1, 0.15) is 33.3 Å². The lowest BCUT2D eigenvalue weighted by Crippen LogP contribution is -2.31. The number of nitrogens with zero attached hydrogens (tertiary/aromatic N) is 1. The van der Waals surface area contributed by atoms with Crippen LogP contribution >= 0.6 is 11.6 Å². The molecule has 0 radical (unpaired) electrons. The van der Waals surface area contributed by atoms with Crippen molar-refractivity contribution in [1.29, 1.82) is 0 Å². The van der Waals surface area contributed by atoms with E-state index in [2.05, 4.69) is 0 Å². The minimum atomic E-state index is -0.549. The summed E-state index contributed by atoms with van der Waals surface area (Å²) in [6.07, 6.45) is 0.659. The standard InChI is InChI=1S/C26H20ClNO4/c1-31-19-10-7-17(8-11-19)23-22-24(29)20-15-18(27)9-12-21(20)32-25(22)26(30)28(23)14-13-16-5-3-2-4-6-16/h2-12,15,23H,13-14H2,1H3. The van der Waals surface area contributed by atoms with Crippen molar-refractivity contribution < 1.29 is 13.9 Å². The van der Waals surface area contributed by atoms with Crippen LogP contribution in [0.5, 0.6) is 5.75 Å².